The molecule has 0 aliphatic carbocycles. The third-order valence-corrected chi connectivity index (χ3v) is 15.4. The Labute approximate surface area is 462 Å². The van der Waals surface area contributed by atoms with Crippen molar-refractivity contribution in [2.24, 2.45) is 0 Å². The highest BCUT2D eigenvalue weighted by Gasteiger charge is 2.18. The maximum absolute atomic E-state index is 12.5. The van der Waals surface area contributed by atoms with E-state index < -0.39 is 12.1 Å². The van der Waals surface area contributed by atoms with E-state index in [1.807, 2.05) is 6.08 Å². The van der Waals surface area contributed by atoms with Crippen molar-refractivity contribution in [3.05, 3.63) is 36.5 Å². The maximum Gasteiger partial charge on any atom is 0.305 e. The average Bonchev–Trinajstić information content (AvgIpc) is 3.40. The van der Waals surface area contributed by atoms with Gasteiger partial charge in [-0.15, -0.1) is 0 Å². The summed E-state index contributed by atoms with van der Waals surface area (Å²) < 4.78 is 5.50. The van der Waals surface area contributed by atoms with Crippen molar-refractivity contribution in [3.8, 4) is 0 Å². The number of esters is 1. The highest BCUT2D eigenvalue weighted by molar-refractivity contribution is 5.76. The summed E-state index contributed by atoms with van der Waals surface area (Å²) in [6, 6.07) is -0.634. The first-order valence-corrected chi connectivity index (χ1v) is 33.3. The number of hydrogen-bond donors (Lipinski definition) is 3. The van der Waals surface area contributed by atoms with Gasteiger partial charge in [-0.2, -0.15) is 0 Å². The van der Waals surface area contributed by atoms with Gasteiger partial charge in [0.15, 0.2) is 0 Å². The van der Waals surface area contributed by atoms with Gasteiger partial charge in [0.1, 0.15) is 0 Å². The first kappa shape index (κ1) is 72.1. The molecule has 436 valence electrons. The summed E-state index contributed by atoms with van der Waals surface area (Å²) in [5.74, 6) is -0.0662. The molecule has 0 aliphatic heterocycles. The molecule has 0 aromatic carbocycles. The zero-order chi connectivity index (χ0) is 53.6. The van der Waals surface area contributed by atoms with E-state index in [0.29, 0.717) is 19.4 Å². The number of ether oxygens (including phenoxy) is 1. The minimum atomic E-state index is -0.850. The van der Waals surface area contributed by atoms with Gasteiger partial charge in [-0.05, 0) is 83.5 Å². The Bertz CT molecular complexity index is 1200. The van der Waals surface area contributed by atoms with Crippen LogP contribution >= 0.6 is 0 Å². The fourth-order valence-corrected chi connectivity index (χ4v) is 10.3. The Hall–Kier alpha value is -1.92. The fourth-order valence-electron chi connectivity index (χ4n) is 10.3. The predicted octanol–water partition coefficient (Wildman–Crippen LogP) is 21.1. The summed E-state index contributed by atoms with van der Waals surface area (Å²) in [6.07, 6.45) is 80.5. The van der Waals surface area contributed by atoms with Gasteiger partial charge < -0.3 is 20.3 Å². The molecule has 0 radical (unpaired) electrons. The van der Waals surface area contributed by atoms with Crippen molar-refractivity contribution in [3.63, 3.8) is 0 Å². The molecular weight excluding hydrogens is 911 g/mol. The summed E-state index contributed by atoms with van der Waals surface area (Å²) in [6.45, 7) is 4.92. The minimum absolute atomic E-state index is 0.00750. The van der Waals surface area contributed by atoms with Crippen LogP contribution in [0.5, 0.6) is 0 Å². The van der Waals surface area contributed by atoms with Gasteiger partial charge in [-0.3, -0.25) is 9.59 Å². The highest BCUT2D eigenvalue weighted by atomic mass is 16.5. The van der Waals surface area contributed by atoms with Gasteiger partial charge in [0.05, 0.1) is 25.4 Å². The van der Waals surface area contributed by atoms with E-state index >= 15 is 0 Å². The van der Waals surface area contributed by atoms with Gasteiger partial charge in [-0.1, -0.05) is 301 Å². The standard InChI is InChI=1S/C68H129NO5/c1-3-5-7-9-11-13-15-17-19-21-25-30-34-38-42-46-50-54-58-62-68(73)74-63-59-55-51-47-43-39-35-31-27-24-22-23-26-29-33-37-41-45-49-53-57-61-67(72)69-65(64-70)66(71)60-56-52-48-44-40-36-32-28-20-18-16-14-12-10-8-6-4-2/h17,19,23,26,56,60,65-66,70-71H,3-16,18,20-22,24-25,27-55,57-59,61-64H2,1-2H3,(H,69,72)/b19-17-,26-23-,60-56+. The molecule has 3 N–H and O–H groups in total. The third-order valence-electron chi connectivity index (χ3n) is 15.4. The molecule has 74 heavy (non-hydrogen) atoms. The van der Waals surface area contributed by atoms with Crippen molar-refractivity contribution >= 4 is 11.9 Å². The molecule has 6 heteroatoms. The molecule has 0 fully saturated rings. The number of carbonyl (C=O) groups excluding carboxylic acids is 2. The van der Waals surface area contributed by atoms with Crippen LogP contribution in [0.4, 0.5) is 0 Å². The Balaban J connectivity index is 3.43. The van der Waals surface area contributed by atoms with E-state index in [1.165, 1.54) is 283 Å². The largest absolute Gasteiger partial charge is 0.466 e. The van der Waals surface area contributed by atoms with Crippen LogP contribution in [-0.2, 0) is 14.3 Å². The van der Waals surface area contributed by atoms with Crippen LogP contribution in [-0.4, -0.2) is 47.4 Å². The van der Waals surface area contributed by atoms with Crippen LogP contribution in [0.2, 0.25) is 0 Å². The second-order valence-electron chi connectivity index (χ2n) is 22.8. The van der Waals surface area contributed by atoms with Gasteiger partial charge in [-0.25, -0.2) is 0 Å². The van der Waals surface area contributed by atoms with Crippen molar-refractivity contribution in [2.75, 3.05) is 13.2 Å². The van der Waals surface area contributed by atoms with Crippen molar-refractivity contribution in [2.45, 2.75) is 373 Å². The van der Waals surface area contributed by atoms with Crippen molar-refractivity contribution in [1.82, 2.24) is 5.32 Å². The van der Waals surface area contributed by atoms with Gasteiger partial charge in [0.25, 0.3) is 0 Å². The summed E-state index contributed by atoms with van der Waals surface area (Å²) in [5, 5.41) is 23.2. The third kappa shape index (κ3) is 59.3. The molecule has 1 amide bonds. The lowest BCUT2D eigenvalue weighted by Crippen LogP contribution is -2.45. The molecule has 0 aromatic heterocycles. The Kier molecular flexibility index (Phi) is 62.0. The summed E-state index contributed by atoms with van der Waals surface area (Å²) >= 11 is 0. The van der Waals surface area contributed by atoms with E-state index in [0.717, 1.165) is 51.4 Å². The van der Waals surface area contributed by atoms with Crippen LogP contribution in [0.3, 0.4) is 0 Å². The van der Waals surface area contributed by atoms with E-state index in [4.69, 9.17) is 4.74 Å². The number of aliphatic hydroxyl groups excluding tert-OH is 2. The number of carbonyl (C=O) groups is 2. The average molecular weight is 1040 g/mol. The van der Waals surface area contributed by atoms with Crippen LogP contribution < -0.4 is 5.32 Å². The normalized spacial score (nSPS) is 12.8. The molecule has 0 aliphatic rings. The van der Waals surface area contributed by atoms with E-state index in [9.17, 15) is 19.8 Å². The molecule has 0 heterocycles. The number of allylic oxidation sites excluding steroid dienone is 5. The predicted molar refractivity (Wildman–Crippen MR) is 324 cm³/mol. The van der Waals surface area contributed by atoms with E-state index in [1.54, 1.807) is 6.08 Å². The van der Waals surface area contributed by atoms with Crippen LogP contribution in [0.1, 0.15) is 361 Å². The minimum Gasteiger partial charge on any atom is -0.466 e. The zero-order valence-corrected chi connectivity index (χ0v) is 49.8. The number of unbranched alkanes of at least 4 members (excludes halogenated alkanes) is 47. The summed E-state index contributed by atoms with van der Waals surface area (Å²) in [4.78, 5) is 24.6. The Morgan fingerprint density at radius 3 is 0.959 bits per heavy atom. The SMILES string of the molecule is CCCCCCCC/C=C\CCCCCCCCCCCC(=O)OCCCCCCCCCCCC/C=C\CCCCCCCCCC(=O)NC(CO)C(O)/C=C/CCCCCCCCCCCCCCCCC. The lowest BCUT2D eigenvalue weighted by molar-refractivity contribution is -0.143. The Morgan fingerprint density at radius 2 is 0.635 bits per heavy atom. The molecule has 0 rings (SSSR count). The first-order chi connectivity index (χ1) is 36.5. The quantitative estimate of drug-likeness (QED) is 0.0320. The number of hydrogen-bond acceptors (Lipinski definition) is 5. The highest BCUT2D eigenvalue weighted by Crippen LogP contribution is 2.17. The van der Waals surface area contributed by atoms with Crippen molar-refractivity contribution in [1.29, 1.82) is 0 Å². The van der Waals surface area contributed by atoms with Gasteiger partial charge in [0, 0.05) is 12.8 Å². The lowest BCUT2D eigenvalue weighted by atomic mass is 10.0. The van der Waals surface area contributed by atoms with Crippen LogP contribution in [0.25, 0.3) is 0 Å². The van der Waals surface area contributed by atoms with Gasteiger partial charge >= 0.3 is 5.97 Å². The molecule has 2 unspecified atom stereocenters. The molecule has 6 nitrogen and oxygen atoms in total. The van der Waals surface area contributed by atoms with Crippen LogP contribution in [0.15, 0.2) is 36.5 Å². The Morgan fingerprint density at radius 1 is 0.365 bits per heavy atom. The molecule has 2 atom stereocenters. The second-order valence-corrected chi connectivity index (χ2v) is 22.8. The van der Waals surface area contributed by atoms with Gasteiger partial charge in [0.2, 0.25) is 5.91 Å². The molecule has 0 bridgehead atoms. The topological polar surface area (TPSA) is 95.9 Å². The lowest BCUT2D eigenvalue weighted by Gasteiger charge is -2.20. The number of aliphatic hydroxyl groups is 2. The monoisotopic (exact) mass is 1040 g/mol. The number of amides is 1. The second kappa shape index (κ2) is 63.6. The molecule has 0 saturated carbocycles. The summed E-state index contributed by atoms with van der Waals surface area (Å²) in [5.41, 5.74) is 0. The fraction of sp³-hybridized carbons (Fsp3) is 0.882. The number of nitrogens with one attached hydrogen (secondary N) is 1. The maximum atomic E-state index is 12.5. The molecule has 0 spiro atoms. The summed E-state index contributed by atoms with van der Waals surface area (Å²) in [7, 11) is 0. The molecule has 0 saturated heterocycles. The van der Waals surface area contributed by atoms with E-state index in [2.05, 4.69) is 43.5 Å². The number of rotatable bonds is 62. The molecular formula is C68H129NO5. The smallest absolute Gasteiger partial charge is 0.305 e. The van der Waals surface area contributed by atoms with Crippen molar-refractivity contribution < 1.29 is 24.5 Å². The molecule has 0 aromatic rings. The zero-order valence-electron chi connectivity index (χ0n) is 49.8. The van der Waals surface area contributed by atoms with Crippen LogP contribution in [0, 0.1) is 0 Å². The first-order valence-electron chi connectivity index (χ1n) is 33.3. The van der Waals surface area contributed by atoms with E-state index in [-0.39, 0.29) is 18.5 Å².